The number of unbranched alkanes of at least 4 members (excludes halogenated alkanes) is 3. The number of ketones is 1. The summed E-state index contributed by atoms with van der Waals surface area (Å²) in [5.41, 5.74) is 1.06. The number of hydrogen-bond acceptors (Lipinski definition) is 1. The average molecular weight is 228 g/mol. The van der Waals surface area contributed by atoms with E-state index in [2.05, 4.69) is 6.92 Å². The maximum Gasteiger partial charge on any atom is 0.178 e. The van der Waals surface area contributed by atoms with E-state index in [1.54, 1.807) is 12.2 Å². The minimum absolute atomic E-state index is 0.0605. The zero-order valence-corrected chi connectivity index (χ0v) is 10.4. The van der Waals surface area contributed by atoms with Crippen LogP contribution in [0.25, 0.3) is 6.08 Å². The Hall–Kier alpha value is -1.63. The highest BCUT2D eigenvalue weighted by Gasteiger charge is 1.89. The highest BCUT2D eigenvalue weighted by molar-refractivity contribution is 6.01. The van der Waals surface area contributed by atoms with Gasteiger partial charge >= 0.3 is 0 Å². The molecule has 0 heterocycles. The molecule has 0 unspecified atom stereocenters. The lowest BCUT2D eigenvalue weighted by Gasteiger charge is -1.91. The summed E-state index contributed by atoms with van der Waals surface area (Å²) in [6.45, 7) is 2.18. The van der Waals surface area contributed by atoms with E-state index in [4.69, 9.17) is 0 Å². The molecule has 0 aliphatic carbocycles. The van der Waals surface area contributed by atoms with Crippen LogP contribution in [0.3, 0.4) is 0 Å². The van der Waals surface area contributed by atoms with E-state index in [1.807, 2.05) is 42.5 Å². The largest absolute Gasteiger partial charge is 0.290 e. The Kier molecular flexibility index (Phi) is 6.73. The van der Waals surface area contributed by atoms with Crippen LogP contribution in [0.5, 0.6) is 0 Å². The Morgan fingerprint density at radius 1 is 1.12 bits per heavy atom. The van der Waals surface area contributed by atoms with Gasteiger partial charge in [-0.2, -0.15) is 0 Å². The second kappa shape index (κ2) is 8.51. The summed E-state index contributed by atoms with van der Waals surface area (Å²) in [5.74, 6) is 0.0605. The highest BCUT2D eigenvalue weighted by Crippen LogP contribution is 2.02. The monoisotopic (exact) mass is 228 g/mol. The fraction of sp³-hybridized carbons (Fsp3) is 0.312. The zero-order chi connectivity index (χ0) is 12.3. The Labute approximate surface area is 104 Å². The van der Waals surface area contributed by atoms with Crippen molar-refractivity contribution in [1.29, 1.82) is 0 Å². The molecule has 0 saturated heterocycles. The number of carbonyl (C=O) groups is 1. The van der Waals surface area contributed by atoms with Gasteiger partial charge in [-0.05, 0) is 30.6 Å². The van der Waals surface area contributed by atoms with Crippen LogP contribution in [-0.4, -0.2) is 5.78 Å². The molecular weight excluding hydrogens is 208 g/mol. The van der Waals surface area contributed by atoms with Gasteiger partial charge in [-0.1, -0.05) is 62.2 Å². The van der Waals surface area contributed by atoms with E-state index < -0.39 is 0 Å². The van der Waals surface area contributed by atoms with Gasteiger partial charge in [0, 0.05) is 0 Å². The van der Waals surface area contributed by atoms with Crippen LogP contribution in [0, 0.1) is 0 Å². The minimum atomic E-state index is 0.0605. The van der Waals surface area contributed by atoms with Crippen LogP contribution in [-0.2, 0) is 4.79 Å². The predicted octanol–water partition coefficient (Wildman–Crippen LogP) is 4.41. The number of rotatable bonds is 7. The molecule has 1 aromatic rings. The van der Waals surface area contributed by atoms with E-state index in [1.165, 1.54) is 19.3 Å². The average Bonchev–Trinajstić information content (AvgIpc) is 2.37. The number of carbonyl (C=O) groups excluding carboxylic acids is 1. The van der Waals surface area contributed by atoms with Crippen molar-refractivity contribution in [3.8, 4) is 0 Å². The molecule has 0 spiro atoms. The van der Waals surface area contributed by atoms with Gasteiger partial charge in [0.2, 0.25) is 0 Å². The van der Waals surface area contributed by atoms with E-state index in [0.717, 1.165) is 12.0 Å². The molecule has 0 N–H and O–H groups in total. The summed E-state index contributed by atoms with van der Waals surface area (Å²) in [6.07, 6.45) is 11.7. The van der Waals surface area contributed by atoms with Crippen molar-refractivity contribution in [2.75, 3.05) is 0 Å². The van der Waals surface area contributed by atoms with Gasteiger partial charge < -0.3 is 0 Å². The summed E-state index contributed by atoms with van der Waals surface area (Å²) in [5, 5.41) is 0. The van der Waals surface area contributed by atoms with Crippen molar-refractivity contribution in [2.45, 2.75) is 32.6 Å². The van der Waals surface area contributed by atoms with E-state index in [-0.39, 0.29) is 5.78 Å². The van der Waals surface area contributed by atoms with E-state index >= 15 is 0 Å². The molecule has 0 bridgehead atoms. The van der Waals surface area contributed by atoms with Crippen LogP contribution >= 0.6 is 0 Å². The van der Waals surface area contributed by atoms with Gasteiger partial charge in [0.05, 0.1) is 0 Å². The van der Waals surface area contributed by atoms with E-state index in [0.29, 0.717) is 0 Å². The van der Waals surface area contributed by atoms with Gasteiger partial charge in [0.1, 0.15) is 0 Å². The Bertz CT molecular complexity index is 374. The van der Waals surface area contributed by atoms with E-state index in [9.17, 15) is 4.79 Å². The predicted molar refractivity (Wildman–Crippen MR) is 73.8 cm³/mol. The third-order valence-electron chi connectivity index (χ3n) is 2.50. The molecule has 1 rings (SSSR count). The molecular formula is C16H20O. The number of hydrogen-bond donors (Lipinski definition) is 0. The van der Waals surface area contributed by atoms with Gasteiger partial charge in [0.15, 0.2) is 5.78 Å². The molecule has 0 atom stereocenters. The van der Waals surface area contributed by atoms with Crippen LogP contribution < -0.4 is 0 Å². The first kappa shape index (κ1) is 13.4. The highest BCUT2D eigenvalue weighted by atomic mass is 16.1. The third-order valence-corrected chi connectivity index (χ3v) is 2.50. The second-order valence-electron chi connectivity index (χ2n) is 4.04. The van der Waals surface area contributed by atoms with Crippen molar-refractivity contribution < 1.29 is 4.79 Å². The van der Waals surface area contributed by atoms with Crippen molar-refractivity contribution >= 4 is 11.9 Å². The lowest BCUT2D eigenvalue weighted by molar-refractivity contribution is -0.110. The zero-order valence-electron chi connectivity index (χ0n) is 10.4. The van der Waals surface area contributed by atoms with Gasteiger partial charge in [0.25, 0.3) is 0 Å². The molecule has 0 aliphatic heterocycles. The molecule has 0 amide bonds. The quantitative estimate of drug-likeness (QED) is 0.499. The van der Waals surface area contributed by atoms with Crippen molar-refractivity contribution in [3.63, 3.8) is 0 Å². The second-order valence-corrected chi connectivity index (χ2v) is 4.04. The first-order valence-corrected chi connectivity index (χ1v) is 6.26. The van der Waals surface area contributed by atoms with Gasteiger partial charge in [-0.15, -0.1) is 0 Å². The molecule has 0 fully saturated rings. The molecule has 0 aromatic heterocycles. The number of benzene rings is 1. The topological polar surface area (TPSA) is 17.1 Å². The Morgan fingerprint density at radius 2 is 1.88 bits per heavy atom. The Morgan fingerprint density at radius 3 is 2.59 bits per heavy atom. The SMILES string of the molecule is CCCCC/C=C/C(=O)/C=C/c1ccccc1. The summed E-state index contributed by atoms with van der Waals surface area (Å²) < 4.78 is 0. The lowest BCUT2D eigenvalue weighted by atomic mass is 10.1. The third kappa shape index (κ3) is 6.52. The molecule has 1 aromatic carbocycles. The van der Waals surface area contributed by atoms with Gasteiger partial charge in [-0.25, -0.2) is 0 Å². The normalized spacial score (nSPS) is 11.4. The fourth-order valence-electron chi connectivity index (χ4n) is 1.51. The minimum Gasteiger partial charge on any atom is -0.290 e. The fourth-order valence-corrected chi connectivity index (χ4v) is 1.51. The van der Waals surface area contributed by atoms with Crippen molar-refractivity contribution in [1.82, 2.24) is 0 Å². The summed E-state index contributed by atoms with van der Waals surface area (Å²) in [6, 6.07) is 9.85. The molecule has 1 nitrogen and oxygen atoms in total. The van der Waals surface area contributed by atoms with Crippen LogP contribution in [0.2, 0.25) is 0 Å². The molecule has 0 saturated carbocycles. The van der Waals surface area contributed by atoms with Crippen LogP contribution in [0.4, 0.5) is 0 Å². The summed E-state index contributed by atoms with van der Waals surface area (Å²) in [7, 11) is 0. The first-order valence-electron chi connectivity index (χ1n) is 6.26. The molecule has 17 heavy (non-hydrogen) atoms. The molecule has 90 valence electrons. The maximum atomic E-state index is 11.5. The van der Waals surface area contributed by atoms with Crippen molar-refractivity contribution in [2.24, 2.45) is 0 Å². The van der Waals surface area contributed by atoms with Crippen LogP contribution in [0.15, 0.2) is 48.6 Å². The maximum absolute atomic E-state index is 11.5. The Balaban J connectivity index is 2.32. The van der Waals surface area contributed by atoms with Crippen molar-refractivity contribution in [3.05, 3.63) is 54.1 Å². The molecule has 1 heteroatoms. The first-order chi connectivity index (χ1) is 8.33. The van der Waals surface area contributed by atoms with Gasteiger partial charge in [-0.3, -0.25) is 4.79 Å². The summed E-state index contributed by atoms with van der Waals surface area (Å²) >= 11 is 0. The number of allylic oxidation sites excluding steroid dienone is 3. The molecule has 0 aliphatic rings. The standard InChI is InChI=1S/C16H20O/c1-2-3-4-5-9-12-16(17)14-13-15-10-7-6-8-11-15/h6-14H,2-5H2,1H3/b12-9+,14-13+. The lowest BCUT2D eigenvalue weighted by Crippen LogP contribution is -1.84. The summed E-state index contributed by atoms with van der Waals surface area (Å²) in [4.78, 5) is 11.5. The smallest absolute Gasteiger partial charge is 0.178 e. The molecule has 0 radical (unpaired) electrons. The van der Waals surface area contributed by atoms with Crippen LogP contribution in [0.1, 0.15) is 38.2 Å².